The van der Waals surface area contributed by atoms with Crippen molar-refractivity contribution in [3.8, 4) is 11.3 Å². The van der Waals surface area contributed by atoms with E-state index in [0.717, 1.165) is 11.6 Å². The fourth-order valence-electron chi connectivity index (χ4n) is 1.99. The average Bonchev–Trinajstić information content (AvgIpc) is 2.80. The van der Waals surface area contributed by atoms with Crippen molar-refractivity contribution in [2.45, 2.75) is 6.54 Å². The first kappa shape index (κ1) is 11.8. The van der Waals surface area contributed by atoms with Crippen molar-refractivity contribution >= 4 is 5.65 Å². The molecule has 0 spiro atoms. The Morgan fingerprint density at radius 3 is 2.68 bits per heavy atom. The summed E-state index contributed by atoms with van der Waals surface area (Å²) >= 11 is 0. The van der Waals surface area contributed by atoms with E-state index in [-0.39, 0.29) is 5.56 Å². The highest BCUT2D eigenvalue weighted by Crippen LogP contribution is 2.23. The topological polar surface area (TPSA) is 43.3 Å². The van der Waals surface area contributed by atoms with Gasteiger partial charge in [0.25, 0.3) is 0 Å². The molecule has 1 aromatic carbocycles. The number of aromatic nitrogens is 2. The molecular formula is C14H11F2N3. The van der Waals surface area contributed by atoms with E-state index in [9.17, 15) is 8.78 Å². The zero-order valence-electron chi connectivity index (χ0n) is 9.98. The van der Waals surface area contributed by atoms with Crippen LogP contribution in [0.4, 0.5) is 8.78 Å². The number of benzene rings is 1. The highest BCUT2D eigenvalue weighted by atomic mass is 19.1. The van der Waals surface area contributed by atoms with Crippen LogP contribution in [0.15, 0.2) is 42.7 Å². The van der Waals surface area contributed by atoms with Crippen LogP contribution in [0.25, 0.3) is 16.9 Å². The second-order valence-corrected chi connectivity index (χ2v) is 4.26. The molecule has 0 bridgehead atoms. The lowest BCUT2D eigenvalue weighted by atomic mass is 10.1. The first-order chi connectivity index (χ1) is 9.17. The van der Waals surface area contributed by atoms with Gasteiger partial charge >= 0.3 is 0 Å². The fraction of sp³-hybridized carbons (Fsp3) is 0.0714. The molecule has 3 rings (SSSR count). The molecular weight excluding hydrogens is 248 g/mol. The molecule has 96 valence electrons. The van der Waals surface area contributed by atoms with Gasteiger partial charge in [0.2, 0.25) is 0 Å². The summed E-state index contributed by atoms with van der Waals surface area (Å²) < 4.78 is 28.4. The van der Waals surface area contributed by atoms with E-state index in [0.29, 0.717) is 17.9 Å². The Balaban J connectivity index is 2.14. The van der Waals surface area contributed by atoms with Crippen LogP contribution in [-0.4, -0.2) is 9.38 Å². The number of halogens is 2. The standard InChI is InChI=1S/C14H11F2N3/c15-10-2-3-11(12(16)5-10)13-8-19-7-9(6-17)1-4-14(19)18-13/h1-5,7-8H,6,17H2. The quantitative estimate of drug-likeness (QED) is 0.769. The van der Waals surface area contributed by atoms with Crippen molar-refractivity contribution in [3.05, 3.63) is 59.9 Å². The lowest BCUT2D eigenvalue weighted by Gasteiger charge is -1.98. The Bertz CT molecular complexity index is 750. The molecule has 2 heterocycles. The molecule has 3 nitrogen and oxygen atoms in total. The molecule has 0 unspecified atom stereocenters. The van der Waals surface area contributed by atoms with E-state index in [1.54, 1.807) is 10.6 Å². The third kappa shape index (κ3) is 2.08. The number of nitrogens with zero attached hydrogens (tertiary/aromatic N) is 2. The van der Waals surface area contributed by atoms with Crippen LogP contribution in [0, 0.1) is 11.6 Å². The molecule has 3 aromatic rings. The minimum absolute atomic E-state index is 0.277. The maximum Gasteiger partial charge on any atom is 0.137 e. The van der Waals surface area contributed by atoms with E-state index in [1.807, 2.05) is 18.3 Å². The molecule has 0 aliphatic rings. The van der Waals surface area contributed by atoms with Crippen molar-refractivity contribution < 1.29 is 8.78 Å². The molecule has 0 atom stereocenters. The summed E-state index contributed by atoms with van der Waals surface area (Å²) in [6.07, 6.45) is 3.54. The molecule has 5 heteroatoms. The van der Waals surface area contributed by atoms with E-state index in [1.165, 1.54) is 12.1 Å². The van der Waals surface area contributed by atoms with Crippen LogP contribution >= 0.6 is 0 Å². The normalized spacial score (nSPS) is 11.1. The Morgan fingerprint density at radius 1 is 1.11 bits per heavy atom. The van der Waals surface area contributed by atoms with Gasteiger partial charge in [-0.1, -0.05) is 6.07 Å². The minimum Gasteiger partial charge on any atom is -0.326 e. The first-order valence-corrected chi connectivity index (χ1v) is 5.80. The number of hydrogen-bond acceptors (Lipinski definition) is 2. The summed E-state index contributed by atoms with van der Waals surface area (Å²) in [6, 6.07) is 7.13. The number of nitrogens with two attached hydrogens (primary N) is 1. The van der Waals surface area contributed by atoms with Crippen molar-refractivity contribution in [1.29, 1.82) is 0 Å². The molecule has 2 aromatic heterocycles. The van der Waals surface area contributed by atoms with E-state index in [2.05, 4.69) is 4.98 Å². The summed E-state index contributed by atoms with van der Waals surface area (Å²) in [5, 5.41) is 0. The van der Waals surface area contributed by atoms with Gasteiger partial charge in [-0.25, -0.2) is 13.8 Å². The van der Waals surface area contributed by atoms with Crippen molar-refractivity contribution in [1.82, 2.24) is 9.38 Å². The number of imidazole rings is 1. The van der Waals surface area contributed by atoms with Gasteiger partial charge < -0.3 is 10.1 Å². The molecule has 0 amide bonds. The summed E-state index contributed by atoms with van der Waals surface area (Å²) in [5.41, 5.74) is 7.95. The molecule has 0 saturated carbocycles. The van der Waals surface area contributed by atoms with Crippen LogP contribution in [0.5, 0.6) is 0 Å². The first-order valence-electron chi connectivity index (χ1n) is 5.80. The second-order valence-electron chi connectivity index (χ2n) is 4.26. The minimum atomic E-state index is -0.623. The van der Waals surface area contributed by atoms with Crippen LogP contribution in [0.1, 0.15) is 5.56 Å². The Labute approximate surface area is 108 Å². The van der Waals surface area contributed by atoms with Gasteiger partial charge in [-0.3, -0.25) is 0 Å². The third-order valence-corrected chi connectivity index (χ3v) is 2.96. The Morgan fingerprint density at radius 2 is 1.95 bits per heavy atom. The van der Waals surface area contributed by atoms with Crippen molar-refractivity contribution in [2.24, 2.45) is 5.73 Å². The van der Waals surface area contributed by atoms with Crippen LogP contribution in [-0.2, 0) is 6.54 Å². The van der Waals surface area contributed by atoms with Crippen molar-refractivity contribution in [2.75, 3.05) is 0 Å². The number of hydrogen-bond donors (Lipinski definition) is 1. The molecule has 19 heavy (non-hydrogen) atoms. The highest BCUT2D eigenvalue weighted by molar-refractivity contribution is 5.63. The maximum absolute atomic E-state index is 13.7. The summed E-state index contributed by atoms with van der Waals surface area (Å²) in [5.74, 6) is -1.22. The predicted octanol–water partition coefficient (Wildman–Crippen LogP) is 2.74. The summed E-state index contributed by atoms with van der Waals surface area (Å²) in [7, 11) is 0. The van der Waals surface area contributed by atoms with E-state index < -0.39 is 11.6 Å². The lowest BCUT2D eigenvalue weighted by molar-refractivity contribution is 0.585. The molecule has 2 N–H and O–H groups in total. The van der Waals surface area contributed by atoms with Gasteiger partial charge in [0.05, 0.1) is 5.69 Å². The van der Waals surface area contributed by atoms with Gasteiger partial charge in [-0.05, 0) is 23.8 Å². The summed E-state index contributed by atoms with van der Waals surface area (Å²) in [4.78, 5) is 4.31. The van der Waals surface area contributed by atoms with Crippen LogP contribution < -0.4 is 5.73 Å². The number of fused-ring (bicyclic) bond motifs is 1. The van der Waals surface area contributed by atoms with Gasteiger partial charge in [0, 0.05) is 30.6 Å². The predicted molar refractivity (Wildman–Crippen MR) is 68.4 cm³/mol. The van der Waals surface area contributed by atoms with Gasteiger partial charge in [0.15, 0.2) is 0 Å². The fourth-order valence-corrected chi connectivity index (χ4v) is 1.99. The molecule has 0 aliphatic heterocycles. The molecule has 0 aliphatic carbocycles. The zero-order chi connectivity index (χ0) is 13.4. The Hall–Kier alpha value is -2.27. The van der Waals surface area contributed by atoms with E-state index >= 15 is 0 Å². The Kier molecular flexibility index (Phi) is 2.76. The maximum atomic E-state index is 13.7. The molecule has 0 fully saturated rings. The van der Waals surface area contributed by atoms with Gasteiger partial charge in [-0.15, -0.1) is 0 Å². The third-order valence-electron chi connectivity index (χ3n) is 2.96. The van der Waals surface area contributed by atoms with Crippen LogP contribution in [0.2, 0.25) is 0 Å². The van der Waals surface area contributed by atoms with Crippen molar-refractivity contribution in [3.63, 3.8) is 0 Å². The smallest absolute Gasteiger partial charge is 0.137 e. The zero-order valence-corrected chi connectivity index (χ0v) is 9.98. The van der Waals surface area contributed by atoms with Gasteiger partial charge in [-0.2, -0.15) is 0 Å². The number of pyridine rings is 1. The van der Waals surface area contributed by atoms with Crippen LogP contribution in [0.3, 0.4) is 0 Å². The average molecular weight is 259 g/mol. The summed E-state index contributed by atoms with van der Waals surface area (Å²) in [6.45, 7) is 0.425. The largest absolute Gasteiger partial charge is 0.326 e. The number of rotatable bonds is 2. The SMILES string of the molecule is NCc1ccc2nc(-c3ccc(F)cc3F)cn2c1. The highest BCUT2D eigenvalue weighted by Gasteiger charge is 2.10. The molecule has 0 radical (unpaired) electrons. The van der Waals surface area contributed by atoms with Gasteiger partial charge in [0.1, 0.15) is 17.3 Å². The molecule has 0 saturated heterocycles. The van der Waals surface area contributed by atoms with E-state index in [4.69, 9.17) is 5.73 Å². The lowest BCUT2D eigenvalue weighted by Crippen LogP contribution is -1.97. The second kappa shape index (κ2) is 4.44. The monoisotopic (exact) mass is 259 g/mol.